The van der Waals surface area contributed by atoms with Crippen molar-refractivity contribution in [3.05, 3.63) is 18.3 Å². The third-order valence-corrected chi connectivity index (χ3v) is 3.86. The van der Waals surface area contributed by atoms with E-state index in [1.165, 1.54) is 0 Å². The Bertz CT molecular complexity index is 418. The summed E-state index contributed by atoms with van der Waals surface area (Å²) in [6, 6.07) is 3.95. The van der Waals surface area contributed by atoms with Gasteiger partial charge in [0.25, 0.3) is 0 Å². The lowest BCUT2D eigenvalue weighted by Gasteiger charge is -2.36. The molecule has 0 aromatic carbocycles. The summed E-state index contributed by atoms with van der Waals surface area (Å²) in [6.07, 6.45) is 2.86. The highest BCUT2D eigenvalue weighted by Crippen LogP contribution is 2.26. The monoisotopic (exact) mass is 292 g/mol. The average Bonchev–Trinajstić information content (AvgIpc) is 2.54. The topological polar surface area (TPSA) is 54.6 Å². The lowest BCUT2D eigenvalue weighted by Crippen LogP contribution is -2.48. The van der Waals surface area contributed by atoms with Gasteiger partial charge in [-0.2, -0.15) is 0 Å². The minimum absolute atomic E-state index is 0.565. The Morgan fingerprint density at radius 3 is 2.76 bits per heavy atom. The number of pyridine rings is 1. The van der Waals surface area contributed by atoms with Crippen LogP contribution < -0.4 is 15.4 Å². The molecule has 1 atom stereocenters. The first kappa shape index (κ1) is 16.0. The van der Waals surface area contributed by atoms with Crippen molar-refractivity contribution in [2.45, 2.75) is 20.3 Å². The molecule has 1 aromatic rings. The normalized spacial score (nSPS) is 17.8. The molecule has 1 unspecified atom stereocenters. The van der Waals surface area contributed by atoms with Gasteiger partial charge in [-0.15, -0.1) is 0 Å². The van der Waals surface area contributed by atoms with Gasteiger partial charge >= 0.3 is 0 Å². The maximum absolute atomic E-state index is 5.81. The fourth-order valence-corrected chi connectivity index (χ4v) is 2.60. The zero-order valence-corrected chi connectivity index (χ0v) is 13.3. The molecular formula is C16H28N4O. The van der Waals surface area contributed by atoms with E-state index in [9.17, 15) is 0 Å². The Balaban J connectivity index is 1.92. The van der Waals surface area contributed by atoms with Crippen molar-refractivity contribution in [3.63, 3.8) is 0 Å². The van der Waals surface area contributed by atoms with Crippen molar-refractivity contribution >= 4 is 5.82 Å². The summed E-state index contributed by atoms with van der Waals surface area (Å²) in [5.74, 6) is 2.45. The molecule has 0 amide bonds. The smallest absolute Gasteiger partial charge is 0.171 e. The van der Waals surface area contributed by atoms with Crippen LogP contribution in [0.3, 0.4) is 0 Å². The number of hydrogen-bond donors (Lipinski definition) is 1. The maximum atomic E-state index is 5.81. The van der Waals surface area contributed by atoms with Gasteiger partial charge < -0.3 is 15.4 Å². The second-order valence-corrected chi connectivity index (χ2v) is 5.80. The summed E-state index contributed by atoms with van der Waals surface area (Å²) in [5.41, 5.74) is 5.71. The van der Waals surface area contributed by atoms with Crippen LogP contribution >= 0.6 is 0 Å². The number of nitrogens with two attached hydrogens (primary N) is 1. The van der Waals surface area contributed by atoms with Gasteiger partial charge in [-0.25, -0.2) is 4.98 Å². The molecule has 2 heterocycles. The van der Waals surface area contributed by atoms with Crippen LogP contribution in [0.15, 0.2) is 18.3 Å². The van der Waals surface area contributed by atoms with Crippen LogP contribution in [0.1, 0.15) is 20.3 Å². The lowest BCUT2D eigenvalue weighted by molar-refractivity contribution is 0.225. The number of rotatable bonds is 7. The fourth-order valence-electron chi connectivity index (χ4n) is 2.60. The van der Waals surface area contributed by atoms with Crippen LogP contribution in [0, 0.1) is 5.92 Å². The minimum Gasteiger partial charge on any atom is -0.490 e. The first-order valence-electron chi connectivity index (χ1n) is 7.99. The summed E-state index contributed by atoms with van der Waals surface area (Å²) in [6.45, 7) is 11.0. The Morgan fingerprint density at radius 2 is 2.10 bits per heavy atom. The largest absolute Gasteiger partial charge is 0.490 e. The molecule has 0 spiro atoms. The molecule has 2 N–H and O–H groups in total. The van der Waals surface area contributed by atoms with E-state index >= 15 is 0 Å². The molecule has 0 saturated carbocycles. The summed E-state index contributed by atoms with van der Waals surface area (Å²) in [4.78, 5) is 9.34. The van der Waals surface area contributed by atoms with E-state index < -0.39 is 0 Å². The van der Waals surface area contributed by atoms with E-state index in [0.29, 0.717) is 5.92 Å². The van der Waals surface area contributed by atoms with Gasteiger partial charge in [0.05, 0.1) is 6.61 Å². The van der Waals surface area contributed by atoms with E-state index in [4.69, 9.17) is 10.5 Å². The summed E-state index contributed by atoms with van der Waals surface area (Å²) in [7, 11) is 0. The molecule has 1 saturated heterocycles. The number of nitrogens with zero attached hydrogens (tertiary/aromatic N) is 3. The van der Waals surface area contributed by atoms with Gasteiger partial charge in [0.1, 0.15) is 0 Å². The molecule has 0 radical (unpaired) electrons. The Kier molecular flexibility index (Phi) is 6.26. The highest BCUT2D eigenvalue weighted by atomic mass is 16.5. The molecule has 1 fully saturated rings. The highest BCUT2D eigenvalue weighted by Gasteiger charge is 2.21. The Hall–Kier alpha value is -1.33. The first-order chi connectivity index (χ1) is 10.2. The lowest BCUT2D eigenvalue weighted by atomic mass is 10.1. The van der Waals surface area contributed by atoms with Crippen molar-refractivity contribution in [3.8, 4) is 5.75 Å². The molecule has 2 rings (SSSR count). The average molecular weight is 292 g/mol. The number of hydrogen-bond acceptors (Lipinski definition) is 5. The van der Waals surface area contributed by atoms with E-state index in [1.807, 2.05) is 18.3 Å². The molecule has 5 heteroatoms. The molecule has 118 valence electrons. The molecule has 1 aliphatic heterocycles. The first-order valence-corrected chi connectivity index (χ1v) is 7.99. The molecule has 0 aliphatic carbocycles. The fraction of sp³-hybridized carbons (Fsp3) is 0.688. The van der Waals surface area contributed by atoms with Crippen molar-refractivity contribution in [1.82, 2.24) is 9.88 Å². The van der Waals surface area contributed by atoms with Crippen LogP contribution in [-0.4, -0.2) is 55.8 Å². The minimum atomic E-state index is 0.565. The Labute approximate surface area is 128 Å². The van der Waals surface area contributed by atoms with E-state index in [-0.39, 0.29) is 0 Å². The molecule has 21 heavy (non-hydrogen) atoms. The predicted molar refractivity (Wildman–Crippen MR) is 86.9 cm³/mol. The van der Waals surface area contributed by atoms with Gasteiger partial charge in [0, 0.05) is 38.9 Å². The van der Waals surface area contributed by atoms with E-state index in [0.717, 1.165) is 63.9 Å². The van der Waals surface area contributed by atoms with Crippen LogP contribution in [0.25, 0.3) is 0 Å². The van der Waals surface area contributed by atoms with Gasteiger partial charge in [0.2, 0.25) is 0 Å². The highest BCUT2D eigenvalue weighted by molar-refractivity contribution is 5.52. The standard InChI is InChI=1S/C16H28N4O/c1-3-11-21-15-5-4-6-18-16(15)20-9-7-19(8-10-20)13-14(2)12-17/h4-6,14H,3,7-13,17H2,1-2H3. The number of aromatic nitrogens is 1. The number of piperazine rings is 1. The molecule has 0 bridgehead atoms. The van der Waals surface area contributed by atoms with Gasteiger partial charge in [-0.05, 0) is 31.0 Å². The molecule has 5 nitrogen and oxygen atoms in total. The number of anilines is 1. The van der Waals surface area contributed by atoms with Crippen molar-refractivity contribution in [1.29, 1.82) is 0 Å². The predicted octanol–water partition coefficient (Wildman–Crippen LogP) is 1.59. The van der Waals surface area contributed by atoms with Gasteiger partial charge in [-0.1, -0.05) is 13.8 Å². The summed E-state index contributed by atoms with van der Waals surface area (Å²) >= 11 is 0. The van der Waals surface area contributed by atoms with Crippen molar-refractivity contribution in [2.24, 2.45) is 11.7 Å². The number of ether oxygens (including phenoxy) is 1. The van der Waals surface area contributed by atoms with Crippen LogP contribution in [-0.2, 0) is 0 Å². The van der Waals surface area contributed by atoms with Crippen LogP contribution in [0.4, 0.5) is 5.82 Å². The van der Waals surface area contributed by atoms with Crippen molar-refractivity contribution in [2.75, 3.05) is 50.8 Å². The van der Waals surface area contributed by atoms with Crippen molar-refractivity contribution < 1.29 is 4.74 Å². The molecular weight excluding hydrogens is 264 g/mol. The zero-order valence-electron chi connectivity index (χ0n) is 13.3. The maximum Gasteiger partial charge on any atom is 0.171 e. The van der Waals surface area contributed by atoms with Crippen LogP contribution in [0.2, 0.25) is 0 Å². The summed E-state index contributed by atoms with van der Waals surface area (Å²) < 4.78 is 5.81. The molecule has 1 aromatic heterocycles. The SMILES string of the molecule is CCCOc1cccnc1N1CCN(CC(C)CN)CC1. The second kappa shape index (κ2) is 8.20. The second-order valence-electron chi connectivity index (χ2n) is 5.80. The zero-order chi connectivity index (χ0) is 15.1. The summed E-state index contributed by atoms with van der Waals surface area (Å²) in [5, 5.41) is 0. The Morgan fingerprint density at radius 1 is 1.33 bits per heavy atom. The van der Waals surface area contributed by atoms with Gasteiger partial charge in [-0.3, -0.25) is 4.90 Å². The van der Waals surface area contributed by atoms with E-state index in [2.05, 4.69) is 28.6 Å². The molecule has 1 aliphatic rings. The third kappa shape index (κ3) is 4.58. The quantitative estimate of drug-likeness (QED) is 0.827. The van der Waals surface area contributed by atoms with Gasteiger partial charge in [0.15, 0.2) is 11.6 Å². The van der Waals surface area contributed by atoms with E-state index in [1.54, 1.807) is 0 Å². The van der Waals surface area contributed by atoms with Crippen LogP contribution in [0.5, 0.6) is 5.75 Å². The third-order valence-electron chi connectivity index (χ3n) is 3.86.